The van der Waals surface area contributed by atoms with Crippen LogP contribution in [0.2, 0.25) is 5.02 Å². The molecule has 1 aliphatic rings. The molecule has 2 heterocycles. The van der Waals surface area contributed by atoms with E-state index in [9.17, 15) is 14.4 Å². The van der Waals surface area contributed by atoms with Crippen molar-refractivity contribution in [2.24, 2.45) is 0 Å². The fraction of sp³-hybridized carbons (Fsp3) is 0.409. The second-order valence-electron chi connectivity index (χ2n) is 7.41. The maximum absolute atomic E-state index is 13.3. The van der Waals surface area contributed by atoms with Gasteiger partial charge in [-0.05, 0) is 45.9 Å². The van der Waals surface area contributed by atoms with E-state index in [0.717, 1.165) is 0 Å². The summed E-state index contributed by atoms with van der Waals surface area (Å²) >= 11 is 6.01. The first-order valence-corrected chi connectivity index (χ1v) is 10.5. The Morgan fingerprint density at radius 2 is 1.90 bits per heavy atom. The first kappa shape index (κ1) is 22.7. The molecule has 1 aliphatic heterocycles. The zero-order valence-electron chi connectivity index (χ0n) is 18.0. The SMILES string of the molecule is CCOC(=O)c1c(C)nc(C)nc1C(=O)N1CCN(C(=O)c2cccc(Cl)c2)C(C)C1. The van der Waals surface area contributed by atoms with Crippen molar-refractivity contribution in [1.29, 1.82) is 0 Å². The molecule has 1 aromatic carbocycles. The normalized spacial score (nSPS) is 16.2. The summed E-state index contributed by atoms with van der Waals surface area (Å²) in [4.78, 5) is 50.4. The van der Waals surface area contributed by atoms with Crippen molar-refractivity contribution in [2.45, 2.75) is 33.7 Å². The number of hydrogen-bond acceptors (Lipinski definition) is 6. The maximum Gasteiger partial charge on any atom is 0.342 e. The molecule has 1 atom stereocenters. The lowest BCUT2D eigenvalue weighted by atomic mass is 10.1. The topological polar surface area (TPSA) is 92.7 Å². The second-order valence-corrected chi connectivity index (χ2v) is 7.85. The highest BCUT2D eigenvalue weighted by Crippen LogP contribution is 2.20. The van der Waals surface area contributed by atoms with Crippen molar-refractivity contribution in [2.75, 3.05) is 26.2 Å². The molecule has 0 saturated carbocycles. The minimum absolute atomic E-state index is 0.0327. The van der Waals surface area contributed by atoms with Gasteiger partial charge in [-0.3, -0.25) is 9.59 Å². The van der Waals surface area contributed by atoms with E-state index in [-0.39, 0.29) is 35.7 Å². The van der Waals surface area contributed by atoms with Crippen LogP contribution in [0, 0.1) is 13.8 Å². The molecule has 8 nitrogen and oxygen atoms in total. The molecule has 2 aromatic rings. The van der Waals surface area contributed by atoms with Crippen LogP contribution in [0.5, 0.6) is 0 Å². The number of aromatic nitrogens is 2. The molecule has 9 heteroatoms. The number of hydrogen-bond donors (Lipinski definition) is 0. The number of benzene rings is 1. The summed E-state index contributed by atoms with van der Waals surface area (Å²) in [7, 11) is 0. The molecule has 0 spiro atoms. The molecule has 0 bridgehead atoms. The highest BCUT2D eigenvalue weighted by Gasteiger charge is 2.34. The average Bonchev–Trinajstić information content (AvgIpc) is 2.72. The Balaban J connectivity index is 1.81. The standard InChI is InChI=1S/C22H25ClN4O4/c1-5-31-22(30)18-14(3)24-15(4)25-19(18)21(29)26-9-10-27(13(2)12-26)20(28)16-7-6-8-17(23)11-16/h6-8,11,13H,5,9-10,12H2,1-4H3. The zero-order valence-corrected chi connectivity index (χ0v) is 18.8. The Kier molecular flexibility index (Phi) is 6.90. The van der Waals surface area contributed by atoms with Gasteiger partial charge >= 0.3 is 5.97 Å². The first-order valence-electron chi connectivity index (χ1n) is 10.1. The van der Waals surface area contributed by atoms with E-state index in [0.29, 0.717) is 41.7 Å². The van der Waals surface area contributed by atoms with E-state index in [4.69, 9.17) is 16.3 Å². The van der Waals surface area contributed by atoms with E-state index in [1.54, 1.807) is 54.8 Å². The Bertz CT molecular complexity index is 1030. The predicted octanol–water partition coefficient (Wildman–Crippen LogP) is 2.91. The van der Waals surface area contributed by atoms with Crippen LogP contribution in [-0.2, 0) is 4.74 Å². The van der Waals surface area contributed by atoms with Gasteiger partial charge in [-0.1, -0.05) is 17.7 Å². The van der Waals surface area contributed by atoms with Gasteiger partial charge < -0.3 is 14.5 Å². The predicted molar refractivity (Wildman–Crippen MR) is 115 cm³/mol. The highest BCUT2D eigenvalue weighted by atomic mass is 35.5. The van der Waals surface area contributed by atoms with Crippen LogP contribution in [0.15, 0.2) is 24.3 Å². The number of nitrogens with zero attached hydrogens (tertiary/aromatic N) is 4. The molecule has 31 heavy (non-hydrogen) atoms. The van der Waals surface area contributed by atoms with E-state index in [2.05, 4.69) is 9.97 Å². The third kappa shape index (κ3) is 4.85. The molecule has 0 N–H and O–H groups in total. The number of piperazine rings is 1. The van der Waals surface area contributed by atoms with Gasteiger partial charge in [0.1, 0.15) is 17.1 Å². The summed E-state index contributed by atoms with van der Waals surface area (Å²) in [6, 6.07) is 6.57. The van der Waals surface area contributed by atoms with Crippen LogP contribution < -0.4 is 0 Å². The van der Waals surface area contributed by atoms with Crippen molar-refractivity contribution in [3.8, 4) is 0 Å². The molecule has 1 fully saturated rings. The number of carbonyl (C=O) groups is 3. The van der Waals surface area contributed by atoms with Gasteiger partial charge in [0, 0.05) is 36.3 Å². The Morgan fingerprint density at radius 3 is 2.55 bits per heavy atom. The highest BCUT2D eigenvalue weighted by molar-refractivity contribution is 6.31. The number of rotatable bonds is 4. The fourth-order valence-electron chi connectivity index (χ4n) is 3.70. The summed E-state index contributed by atoms with van der Waals surface area (Å²) in [5.74, 6) is -0.732. The minimum atomic E-state index is -0.619. The second kappa shape index (κ2) is 9.43. The molecule has 1 aromatic heterocycles. The third-order valence-electron chi connectivity index (χ3n) is 5.13. The number of carbonyl (C=O) groups excluding carboxylic acids is 3. The van der Waals surface area contributed by atoms with E-state index in [1.807, 2.05) is 6.92 Å². The fourth-order valence-corrected chi connectivity index (χ4v) is 3.89. The van der Waals surface area contributed by atoms with Crippen molar-refractivity contribution >= 4 is 29.4 Å². The quantitative estimate of drug-likeness (QED) is 0.673. The number of halogens is 1. The van der Waals surface area contributed by atoms with Gasteiger partial charge in [-0.25, -0.2) is 14.8 Å². The van der Waals surface area contributed by atoms with E-state index >= 15 is 0 Å². The molecule has 1 saturated heterocycles. The molecule has 2 amide bonds. The molecule has 164 valence electrons. The zero-order chi connectivity index (χ0) is 22.7. The smallest absolute Gasteiger partial charge is 0.342 e. The lowest BCUT2D eigenvalue weighted by Crippen LogP contribution is -2.55. The largest absolute Gasteiger partial charge is 0.462 e. The monoisotopic (exact) mass is 444 g/mol. The number of amides is 2. The molecule has 0 radical (unpaired) electrons. The van der Waals surface area contributed by atoms with Gasteiger partial charge in [0.25, 0.3) is 11.8 Å². The first-order chi connectivity index (χ1) is 14.7. The summed E-state index contributed by atoms with van der Waals surface area (Å²) in [5, 5.41) is 0.494. The molecule has 3 rings (SSSR count). The van der Waals surface area contributed by atoms with Crippen molar-refractivity contribution in [3.05, 3.63) is 57.6 Å². The van der Waals surface area contributed by atoms with Gasteiger partial charge in [0.2, 0.25) is 0 Å². The average molecular weight is 445 g/mol. The Labute approximate surface area is 186 Å². The van der Waals surface area contributed by atoms with Crippen LogP contribution in [0.1, 0.15) is 56.6 Å². The number of ether oxygens (including phenoxy) is 1. The summed E-state index contributed by atoms with van der Waals surface area (Å²) in [5.41, 5.74) is 1.02. The van der Waals surface area contributed by atoms with Crippen LogP contribution in [0.25, 0.3) is 0 Å². The third-order valence-corrected chi connectivity index (χ3v) is 5.37. The van der Waals surface area contributed by atoms with Crippen molar-refractivity contribution < 1.29 is 19.1 Å². The Hall–Kier alpha value is -3.00. The summed E-state index contributed by atoms with van der Waals surface area (Å²) < 4.78 is 5.10. The lowest BCUT2D eigenvalue weighted by Gasteiger charge is -2.40. The minimum Gasteiger partial charge on any atom is -0.462 e. The van der Waals surface area contributed by atoms with E-state index in [1.165, 1.54) is 0 Å². The molecule has 0 aliphatic carbocycles. The number of esters is 1. The van der Waals surface area contributed by atoms with Gasteiger partial charge in [-0.15, -0.1) is 0 Å². The summed E-state index contributed by atoms with van der Waals surface area (Å²) in [6.45, 7) is 8.07. The van der Waals surface area contributed by atoms with Crippen molar-refractivity contribution in [1.82, 2.24) is 19.8 Å². The van der Waals surface area contributed by atoms with Crippen molar-refractivity contribution in [3.63, 3.8) is 0 Å². The Morgan fingerprint density at radius 1 is 1.16 bits per heavy atom. The molecular weight excluding hydrogens is 420 g/mol. The molecular formula is C22H25ClN4O4. The number of aryl methyl sites for hydroxylation is 2. The van der Waals surface area contributed by atoms with Gasteiger partial charge in [0.05, 0.1) is 12.3 Å². The molecule has 1 unspecified atom stereocenters. The van der Waals surface area contributed by atoms with Crippen LogP contribution >= 0.6 is 11.6 Å². The van der Waals surface area contributed by atoms with Crippen LogP contribution in [0.4, 0.5) is 0 Å². The van der Waals surface area contributed by atoms with Crippen LogP contribution in [-0.4, -0.2) is 69.8 Å². The van der Waals surface area contributed by atoms with Gasteiger partial charge in [0.15, 0.2) is 0 Å². The van der Waals surface area contributed by atoms with Crippen LogP contribution in [0.3, 0.4) is 0 Å². The van der Waals surface area contributed by atoms with Gasteiger partial charge in [-0.2, -0.15) is 0 Å². The maximum atomic E-state index is 13.3. The summed E-state index contributed by atoms with van der Waals surface area (Å²) in [6.07, 6.45) is 0. The lowest BCUT2D eigenvalue weighted by molar-refractivity contribution is 0.0406. The van der Waals surface area contributed by atoms with E-state index < -0.39 is 5.97 Å².